The van der Waals surface area contributed by atoms with E-state index >= 15 is 0 Å². The number of nitrogens with zero attached hydrogens (tertiary/aromatic N) is 4. The quantitative estimate of drug-likeness (QED) is 0.715. The lowest BCUT2D eigenvalue weighted by molar-refractivity contribution is 0.242. The number of benzene rings is 1. The van der Waals surface area contributed by atoms with Crippen molar-refractivity contribution in [2.75, 3.05) is 13.1 Å². The molecule has 8 heteroatoms. The Hall–Kier alpha value is -1.27. The summed E-state index contributed by atoms with van der Waals surface area (Å²) in [6.45, 7) is 1.82. The molecule has 2 aromatic rings. The van der Waals surface area contributed by atoms with E-state index in [-0.39, 0.29) is 8.96 Å². The first kappa shape index (κ1) is 9.92. The van der Waals surface area contributed by atoms with E-state index in [2.05, 4.69) is 21.3 Å². The van der Waals surface area contributed by atoms with Gasteiger partial charge in [0.15, 0.2) is 8.96 Å². The van der Waals surface area contributed by atoms with Gasteiger partial charge in [-0.15, -0.1) is 5.10 Å². The van der Waals surface area contributed by atoms with Gasteiger partial charge in [-0.1, -0.05) is 17.0 Å². The molecule has 7 nitrogen and oxygen atoms in total. The van der Waals surface area contributed by atoms with E-state index in [4.69, 9.17) is 4.62 Å². The van der Waals surface area contributed by atoms with Crippen molar-refractivity contribution >= 4 is 20.0 Å². The lowest BCUT2D eigenvalue weighted by atomic mass is 10.3. The Labute approximate surface area is 93.6 Å². The average Bonchev–Trinajstić information content (AvgIpc) is 2.96. The van der Waals surface area contributed by atoms with Crippen LogP contribution in [0.5, 0.6) is 0 Å². The van der Waals surface area contributed by atoms with E-state index in [1.165, 1.54) is 4.85 Å². The van der Waals surface area contributed by atoms with Crippen LogP contribution < -0.4 is 15.6 Å². The van der Waals surface area contributed by atoms with Gasteiger partial charge in [-0.2, -0.15) is 10.3 Å². The number of hydrogen-bond acceptors (Lipinski definition) is 6. The standard InChI is InChI=1S/C8H11N6OP/c1-2-4-8-7(3-1)10-12-14(8)15-16-13-6-5-9-11-13/h1-4,9,11,16H,5-6H2. The summed E-state index contributed by atoms with van der Waals surface area (Å²) < 4.78 is 7.48. The fourth-order valence-corrected chi connectivity index (χ4v) is 2.08. The Kier molecular flexibility index (Phi) is 2.67. The maximum atomic E-state index is 5.54. The monoisotopic (exact) mass is 238 g/mol. The van der Waals surface area contributed by atoms with Gasteiger partial charge in [0.25, 0.3) is 0 Å². The third kappa shape index (κ3) is 1.85. The second-order valence-corrected chi connectivity index (χ2v) is 4.23. The first-order valence-electron chi connectivity index (χ1n) is 4.93. The number of hydrogen-bond donors (Lipinski definition) is 2. The van der Waals surface area contributed by atoms with Crippen LogP contribution in [0.2, 0.25) is 0 Å². The summed E-state index contributed by atoms with van der Waals surface area (Å²) in [5.74, 6) is 0. The second kappa shape index (κ2) is 4.31. The Morgan fingerprint density at radius 3 is 3.19 bits per heavy atom. The van der Waals surface area contributed by atoms with Gasteiger partial charge in [0.2, 0.25) is 0 Å². The van der Waals surface area contributed by atoms with Crippen LogP contribution in [0, 0.1) is 0 Å². The molecule has 84 valence electrons. The van der Waals surface area contributed by atoms with Crippen LogP contribution in [-0.4, -0.2) is 33.0 Å². The first-order chi connectivity index (χ1) is 7.93. The van der Waals surface area contributed by atoms with E-state index in [1.807, 2.05) is 29.0 Å². The highest BCUT2D eigenvalue weighted by molar-refractivity contribution is 7.29. The van der Waals surface area contributed by atoms with Crippen molar-refractivity contribution < 1.29 is 4.62 Å². The zero-order valence-corrected chi connectivity index (χ0v) is 9.42. The fraction of sp³-hybridized carbons (Fsp3) is 0.250. The van der Waals surface area contributed by atoms with Crippen LogP contribution in [0.4, 0.5) is 0 Å². The zero-order chi connectivity index (χ0) is 10.8. The second-order valence-electron chi connectivity index (χ2n) is 3.32. The molecule has 0 radical (unpaired) electrons. The van der Waals surface area contributed by atoms with Gasteiger partial charge in [0.05, 0.1) is 0 Å². The summed E-state index contributed by atoms with van der Waals surface area (Å²) in [6, 6.07) is 7.69. The minimum absolute atomic E-state index is 0.164. The summed E-state index contributed by atoms with van der Waals surface area (Å²) in [6.07, 6.45) is 0. The number of para-hydroxylation sites is 1. The average molecular weight is 238 g/mol. The van der Waals surface area contributed by atoms with Crippen molar-refractivity contribution in [3.05, 3.63) is 24.3 Å². The van der Waals surface area contributed by atoms with Crippen molar-refractivity contribution in [2.45, 2.75) is 0 Å². The molecule has 1 atom stereocenters. The smallest absolute Gasteiger partial charge is 0.198 e. The van der Waals surface area contributed by atoms with Crippen LogP contribution in [0.25, 0.3) is 11.0 Å². The summed E-state index contributed by atoms with van der Waals surface area (Å²) in [5.41, 5.74) is 7.68. The Bertz CT molecular complexity index is 482. The molecule has 1 aliphatic rings. The molecule has 1 fully saturated rings. The van der Waals surface area contributed by atoms with Gasteiger partial charge in [0, 0.05) is 13.1 Å². The number of fused-ring (bicyclic) bond motifs is 1. The Morgan fingerprint density at radius 2 is 2.31 bits per heavy atom. The van der Waals surface area contributed by atoms with Gasteiger partial charge in [0.1, 0.15) is 11.0 Å². The molecule has 0 aliphatic carbocycles. The third-order valence-corrected chi connectivity index (χ3v) is 3.04. The van der Waals surface area contributed by atoms with E-state index in [0.29, 0.717) is 0 Å². The molecule has 1 aromatic heterocycles. The summed E-state index contributed by atoms with van der Waals surface area (Å²) in [4.78, 5) is 1.45. The molecule has 0 spiro atoms. The maximum absolute atomic E-state index is 5.54. The molecule has 16 heavy (non-hydrogen) atoms. The maximum Gasteiger partial charge on any atom is 0.198 e. The summed E-state index contributed by atoms with van der Waals surface area (Å²) in [7, 11) is 0.164. The van der Waals surface area contributed by atoms with Gasteiger partial charge in [-0.25, -0.2) is 5.43 Å². The van der Waals surface area contributed by atoms with Crippen molar-refractivity contribution in [3.63, 3.8) is 0 Å². The Morgan fingerprint density at radius 1 is 1.38 bits per heavy atom. The van der Waals surface area contributed by atoms with Crippen LogP contribution in [-0.2, 0) is 0 Å². The van der Waals surface area contributed by atoms with Crippen molar-refractivity contribution in [1.29, 1.82) is 0 Å². The number of aromatic nitrogens is 3. The van der Waals surface area contributed by atoms with Crippen LogP contribution in [0.1, 0.15) is 0 Å². The molecule has 1 aromatic carbocycles. The largest absolute Gasteiger partial charge is 0.361 e. The number of rotatable bonds is 3. The van der Waals surface area contributed by atoms with Crippen LogP contribution >= 0.6 is 8.96 Å². The SMILES string of the molecule is c1ccc2c(c1)nnn2OPN1CCNN1. The van der Waals surface area contributed by atoms with Gasteiger partial charge >= 0.3 is 0 Å². The zero-order valence-electron chi connectivity index (χ0n) is 8.42. The molecule has 0 saturated carbocycles. The van der Waals surface area contributed by atoms with Crippen LogP contribution in [0.15, 0.2) is 24.3 Å². The topological polar surface area (TPSA) is 67.2 Å². The number of nitrogens with one attached hydrogen (secondary N) is 2. The molecule has 1 aliphatic heterocycles. The van der Waals surface area contributed by atoms with E-state index in [9.17, 15) is 0 Å². The molecule has 1 unspecified atom stereocenters. The van der Waals surface area contributed by atoms with Crippen molar-refractivity contribution in [3.8, 4) is 0 Å². The van der Waals surface area contributed by atoms with E-state index < -0.39 is 0 Å². The highest BCUT2D eigenvalue weighted by Crippen LogP contribution is 2.16. The summed E-state index contributed by atoms with van der Waals surface area (Å²) >= 11 is 0. The molecule has 0 bridgehead atoms. The molecule has 1 saturated heterocycles. The molecule has 2 heterocycles. The van der Waals surface area contributed by atoms with E-state index in [0.717, 1.165) is 24.1 Å². The summed E-state index contributed by atoms with van der Waals surface area (Å²) in [5, 5.41) is 7.93. The predicted octanol–water partition coefficient (Wildman–Crippen LogP) is -0.307. The molecular formula is C8H11N6OP. The molecule has 0 amide bonds. The predicted molar refractivity (Wildman–Crippen MR) is 60.3 cm³/mol. The van der Waals surface area contributed by atoms with Crippen molar-refractivity contribution in [2.24, 2.45) is 0 Å². The van der Waals surface area contributed by atoms with Gasteiger partial charge in [-0.3, -0.25) is 0 Å². The molecule has 2 N–H and O–H groups in total. The van der Waals surface area contributed by atoms with Gasteiger partial charge in [-0.05, 0) is 17.3 Å². The van der Waals surface area contributed by atoms with E-state index in [1.54, 1.807) is 0 Å². The molecule has 3 rings (SSSR count). The lowest BCUT2D eigenvalue weighted by Gasteiger charge is -2.12. The van der Waals surface area contributed by atoms with Crippen molar-refractivity contribution in [1.82, 2.24) is 30.9 Å². The molecular weight excluding hydrogens is 227 g/mol. The van der Waals surface area contributed by atoms with Gasteiger partial charge < -0.3 is 4.62 Å². The first-order valence-corrected chi connectivity index (χ1v) is 5.78. The lowest BCUT2D eigenvalue weighted by Crippen LogP contribution is -2.31. The minimum Gasteiger partial charge on any atom is -0.361 e. The van der Waals surface area contributed by atoms with Crippen LogP contribution in [0.3, 0.4) is 0 Å². The fourth-order valence-electron chi connectivity index (χ4n) is 1.45. The number of hydrazine groups is 2. The minimum atomic E-state index is 0.164. The normalized spacial score (nSPS) is 17.8. The third-order valence-electron chi connectivity index (χ3n) is 2.23. The highest BCUT2D eigenvalue weighted by atomic mass is 31.1. The Balaban J connectivity index is 1.73. The highest BCUT2D eigenvalue weighted by Gasteiger charge is 2.12.